The molecule has 8 nitrogen and oxygen atoms in total. The highest BCUT2D eigenvalue weighted by atomic mass is 16.5. The number of ether oxygens (including phenoxy) is 1. The van der Waals surface area contributed by atoms with Gasteiger partial charge in [-0.05, 0) is 37.3 Å². The quantitative estimate of drug-likeness (QED) is 0.466. The van der Waals surface area contributed by atoms with E-state index in [1.807, 2.05) is 45.0 Å². The maximum absolute atomic E-state index is 12.6. The van der Waals surface area contributed by atoms with Crippen molar-refractivity contribution >= 4 is 17.5 Å². The lowest BCUT2D eigenvalue weighted by Gasteiger charge is -2.26. The van der Waals surface area contributed by atoms with E-state index in [2.05, 4.69) is 22.0 Å². The molecule has 0 unspecified atom stereocenters. The minimum Gasteiger partial charge on any atom is -0.455 e. The Morgan fingerprint density at radius 2 is 1.75 bits per heavy atom. The average Bonchev–Trinajstić information content (AvgIpc) is 2.77. The van der Waals surface area contributed by atoms with Gasteiger partial charge in [-0.15, -0.1) is 0 Å². The molecular weight excluding hydrogens is 406 g/mol. The SMILES string of the molecule is CNC(=O)CN(CC(=O)NCCNC(C)C)c1cc(C#N)ccc1Oc1ccc(C)cc1. The maximum Gasteiger partial charge on any atom is 0.239 e. The van der Waals surface area contributed by atoms with Gasteiger partial charge in [-0.25, -0.2) is 0 Å². The Bertz CT molecular complexity index is 951. The van der Waals surface area contributed by atoms with E-state index in [4.69, 9.17) is 4.74 Å². The van der Waals surface area contributed by atoms with Gasteiger partial charge in [0.15, 0.2) is 5.75 Å². The minimum absolute atomic E-state index is 0.0613. The lowest BCUT2D eigenvalue weighted by molar-refractivity contribution is -0.120. The Hall–Kier alpha value is -3.57. The first-order valence-electron chi connectivity index (χ1n) is 10.6. The molecule has 0 radical (unpaired) electrons. The molecule has 0 saturated heterocycles. The molecule has 2 aromatic rings. The number of anilines is 1. The van der Waals surface area contributed by atoms with Crippen LogP contribution >= 0.6 is 0 Å². The van der Waals surface area contributed by atoms with Gasteiger partial charge in [-0.1, -0.05) is 31.5 Å². The first-order chi connectivity index (χ1) is 15.3. The van der Waals surface area contributed by atoms with E-state index in [0.29, 0.717) is 41.9 Å². The molecule has 0 saturated carbocycles. The predicted molar refractivity (Wildman–Crippen MR) is 125 cm³/mol. The lowest BCUT2D eigenvalue weighted by Crippen LogP contribution is -2.44. The molecule has 32 heavy (non-hydrogen) atoms. The lowest BCUT2D eigenvalue weighted by atomic mass is 10.1. The van der Waals surface area contributed by atoms with Gasteiger partial charge < -0.3 is 25.6 Å². The zero-order chi connectivity index (χ0) is 23.5. The number of carbonyl (C=O) groups excluding carboxylic acids is 2. The molecule has 0 fully saturated rings. The van der Waals surface area contributed by atoms with E-state index in [0.717, 1.165) is 5.56 Å². The van der Waals surface area contributed by atoms with Gasteiger partial charge in [0.25, 0.3) is 0 Å². The van der Waals surface area contributed by atoms with Crippen molar-refractivity contribution in [3.63, 3.8) is 0 Å². The second-order valence-corrected chi connectivity index (χ2v) is 7.70. The average molecular weight is 438 g/mol. The molecular formula is C24H31N5O3. The first kappa shape index (κ1) is 24.7. The molecule has 0 bridgehead atoms. The molecule has 0 heterocycles. The Morgan fingerprint density at radius 3 is 2.38 bits per heavy atom. The van der Waals surface area contributed by atoms with Crippen molar-refractivity contribution in [3.8, 4) is 17.6 Å². The number of nitrogens with zero attached hydrogens (tertiary/aromatic N) is 2. The molecule has 0 aliphatic heterocycles. The number of hydrogen-bond donors (Lipinski definition) is 3. The summed E-state index contributed by atoms with van der Waals surface area (Å²) >= 11 is 0. The fraction of sp³-hybridized carbons (Fsp3) is 0.375. The van der Waals surface area contributed by atoms with Gasteiger partial charge >= 0.3 is 0 Å². The molecule has 8 heteroatoms. The smallest absolute Gasteiger partial charge is 0.239 e. The van der Waals surface area contributed by atoms with Crippen molar-refractivity contribution in [3.05, 3.63) is 53.6 Å². The van der Waals surface area contributed by atoms with Gasteiger partial charge in [-0.3, -0.25) is 9.59 Å². The van der Waals surface area contributed by atoms with Crippen molar-refractivity contribution in [1.29, 1.82) is 5.26 Å². The number of hydrogen-bond acceptors (Lipinski definition) is 6. The van der Waals surface area contributed by atoms with Crippen molar-refractivity contribution in [2.24, 2.45) is 0 Å². The first-order valence-corrected chi connectivity index (χ1v) is 10.6. The Kier molecular flexibility index (Phi) is 9.51. The van der Waals surface area contributed by atoms with E-state index < -0.39 is 0 Å². The molecule has 170 valence electrons. The van der Waals surface area contributed by atoms with Crippen LogP contribution in [-0.4, -0.2) is 51.1 Å². The minimum atomic E-state index is -0.261. The summed E-state index contributed by atoms with van der Waals surface area (Å²) in [5.41, 5.74) is 1.99. The van der Waals surface area contributed by atoms with Gasteiger partial charge in [0.05, 0.1) is 30.4 Å². The summed E-state index contributed by atoms with van der Waals surface area (Å²) in [6.45, 7) is 7.04. The van der Waals surface area contributed by atoms with Crippen molar-refractivity contribution in [2.75, 3.05) is 38.1 Å². The zero-order valence-corrected chi connectivity index (χ0v) is 19.1. The van der Waals surface area contributed by atoms with Crippen LogP contribution < -0.4 is 25.6 Å². The number of nitrogens with one attached hydrogen (secondary N) is 3. The third-order valence-corrected chi connectivity index (χ3v) is 4.63. The zero-order valence-electron chi connectivity index (χ0n) is 19.1. The highest BCUT2D eigenvalue weighted by Crippen LogP contribution is 2.33. The van der Waals surface area contributed by atoms with Crippen molar-refractivity contribution in [1.82, 2.24) is 16.0 Å². The Morgan fingerprint density at radius 1 is 1.06 bits per heavy atom. The van der Waals surface area contributed by atoms with E-state index in [9.17, 15) is 14.9 Å². The van der Waals surface area contributed by atoms with Crippen LogP contribution in [0.4, 0.5) is 5.69 Å². The van der Waals surface area contributed by atoms with Crippen LogP contribution in [0.25, 0.3) is 0 Å². The molecule has 0 aliphatic carbocycles. The van der Waals surface area contributed by atoms with Crippen molar-refractivity contribution in [2.45, 2.75) is 26.8 Å². The summed E-state index contributed by atoms with van der Waals surface area (Å²) in [6.07, 6.45) is 0. The summed E-state index contributed by atoms with van der Waals surface area (Å²) in [7, 11) is 1.54. The number of rotatable bonds is 11. The van der Waals surface area contributed by atoms with Crippen LogP contribution in [0.2, 0.25) is 0 Å². The van der Waals surface area contributed by atoms with Gasteiger partial charge in [0, 0.05) is 26.2 Å². The van der Waals surface area contributed by atoms with Crippen LogP contribution in [0.15, 0.2) is 42.5 Å². The molecule has 2 aromatic carbocycles. The maximum atomic E-state index is 12.6. The largest absolute Gasteiger partial charge is 0.455 e. The molecule has 2 rings (SSSR count). The van der Waals surface area contributed by atoms with Crippen LogP contribution in [0.5, 0.6) is 11.5 Å². The topological polar surface area (TPSA) is 106 Å². The van der Waals surface area contributed by atoms with Crippen LogP contribution in [0.1, 0.15) is 25.0 Å². The summed E-state index contributed by atoms with van der Waals surface area (Å²) in [5, 5.41) is 18.0. The summed E-state index contributed by atoms with van der Waals surface area (Å²) in [6, 6.07) is 14.9. The van der Waals surface area contributed by atoms with Crippen LogP contribution in [0.3, 0.4) is 0 Å². The number of likely N-dealkylation sites (N-methyl/N-ethyl adjacent to an activating group) is 1. The highest BCUT2D eigenvalue weighted by molar-refractivity contribution is 5.87. The number of carbonyl (C=O) groups is 2. The third-order valence-electron chi connectivity index (χ3n) is 4.63. The molecule has 3 N–H and O–H groups in total. The summed E-state index contributed by atoms with van der Waals surface area (Å²) in [5.74, 6) is 0.572. The van der Waals surface area contributed by atoms with Crippen LogP contribution in [0, 0.1) is 18.3 Å². The summed E-state index contributed by atoms with van der Waals surface area (Å²) < 4.78 is 6.04. The fourth-order valence-corrected chi connectivity index (χ4v) is 2.92. The second kappa shape index (κ2) is 12.3. The number of aryl methyl sites for hydroxylation is 1. The molecule has 0 aromatic heterocycles. The normalized spacial score (nSPS) is 10.4. The van der Waals surface area contributed by atoms with E-state index >= 15 is 0 Å². The Labute approximate surface area is 189 Å². The number of amides is 2. The standard InChI is InChI=1S/C24H31N5O3/c1-17(2)27-11-12-28-24(31)16-29(15-23(30)26-4)21-13-19(14-25)7-10-22(21)32-20-8-5-18(3)6-9-20/h5-10,13,17,27H,11-12,15-16H2,1-4H3,(H,26,30)(H,28,31). The van der Waals surface area contributed by atoms with Crippen molar-refractivity contribution < 1.29 is 14.3 Å². The van der Waals surface area contributed by atoms with Gasteiger partial charge in [0.2, 0.25) is 11.8 Å². The number of benzene rings is 2. The number of nitriles is 1. The van der Waals surface area contributed by atoms with E-state index in [1.54, 1.807) is 23.1 Å². The van der Waals surface area contributed by atoms with Crippen LogP contribution in [-0.2, 0) is 9.59 Å². The molecule has 0 aliphatic rings. The molecule has 2 amide bonds. The van der Waals surface area contributed by atoms with Gasteiger partial charge in [-0.2, -0.15) is 5.26 Å². The molecule has 0 spiro atoms. The Balaban J connectivity index is 2.27. The van der Waals surface area contributed by atoms with E-state index in [1.165, 1.54) is 7.05 Å². The predicted octanol–water partition coefficient (Wildman–Crippen LogP) is 2.33. The molecule has 0 atom stereocenters. The van der Waals surface area contributed by atoms with Gasteiger partial charge in [0.1, 0.15) is 5.75 Å². The fourth-order valence-electron chi connectivity index (χ4n) is 2.92. The summed E-state index contributed by atoms with van der Waals surface area (Å²) in [4.78, 5) is 26.4. The second-order valence-electron chi connectivity index (χ2n) is 7.70. The monoisotopic (exact) mass is 437 g/mol. The third kappa shape index (κ3) is 7.93. The highest BCUT2D eigenvalue weighted by Gasteiger charge is 2.20. The van der Waals surface area contributed by atoms with E-state index in [-0.39, 0.29) is 24.9 Å².